The van der Waals surface area contributed by atoms with Crippen molar-refractivity contribution in [1.82, 2.24) is 15.1 Å². The van der Waals surface area contributed by atoms with Gasteiger partial charge in [-0.1, -0.05) is 30.7 Å². The number of benzene rings is 1. The number of piperazine rings is 1. The maximum absolute atomic E-state index is 12.6. The number of halogens is 2. The third-order valence-corrected chi connectivity index (χ3v) is 4.86. The number of ether oxygens (including phenoxy) is 1. The lowest BCUT2D eigenvalue weighted by Gasteiger charge is -2.36. The predicted molar refractivity (Wildman–Crippen MR) is 126 cm³/mol. The topological polar surface area (TPSA) is 74.2 Å². The van der Waals surface area contributed by atoms with Crippen LogP contribution in [-0.2, 0) is 20.7 Å². The van der Waals surface area contributed by atoms with Gasteiger partial charge in [-0.15, -0.1) is 24.0 Å². The summed E-state index contributed by atoms with van der Waals surface area (Å²) in [4.78, 5) is 32.7. The Labute approximate surface area is 194 Å². The number of amides is 1. The van der Waals surface area contributed by atoms with E-state index in [1.807, 2.05) is 30.0 Å². The van der Waals surface area contributed by atoms with Crippen LogP contribution < -0.4 is 5.32 Å². The van der Waals surface area contributed by atoms with Crippen molar-refractivity contribution in [3.63, 3.8) is 0 Å². The molecule has 1 aliphatic rings. The molecule has 1 aliphatic heterocycles. The number of carbonyl (C=O) groups is 2. The molecule has 1 N–H and O–H groups in total. The Morgan fingerprint density at radius 3 is 2.48 bits per heavy atom. The molecule has 2 rings (SSSR count). The minimum Gasteiger partial charge on any atom is -0.469 e. The van der Waals surface area contributed by atoms with Crippen molar-refractivity contribution in [3.05, 3.63) is 34.9 Å². The van der Waals surface area contributed by atoms with Crippen molar-refractivity contribution in [3.8, 4) is 0 Å². The zero-order valence-electron chi connectivity index (χ0n) is 17.2. The van der Waals surface area contributed by atoms with Gasteiger partial charge >= 0.3 is 5.97 Å². The molecular weight excluding hydrogens is 507 g/mol. The van der Waals surface area contributed by atoms with E-state index >= 15 is 0 Å². The SMILES string of the molecule is CCNC(=NCC(C)C(=O)OC)N1CCN(C(=O)Cc2cccc(Cl)c2)CC1.I. The number of methoxy groups -OCH3 is 1. The van der Waals surface area contributed by atoms with Crippen LogP contribution in [0.1, 0.15) is 19.4 Å². The standard InChI is InChI=1S/C20H29ClN4O3.HI/c1-4-22-20(23-14-15(2)19(27)28-3)25-10-8-24(9-11-25)18(26)13-16-6-5-7-17(21)12-16;/h5-7,12,15H,4,8-11,13-14H2,1-3H3,(H,22,23);1H. The second-order valence-electron chi connectivity index (χ2n) is 6.79. The normalized spacial score (nSPS) is 15.4. The molecule has 7 nitrogen and oxygen atoms in total. The molecule has 0 aliphatic carbocycles. The van der Waals surface area contributed by atoms with Gasteiger partial charge in [0, 0.05) is 37.7 Å². The number of carbonyl (C=O) groups excluding carboxylic acids is 2. The number of esters is 1. The Kier molecular flexibility index (Phi) is 11.3. The smallest absolute Gasteiger partial charge is 0.310 e. The Morgan fingerprint density at radius 1 is 1.24 bits per heavy atom. The van der Waals surface area contributed by atoms with Crippen LogP contribution in [0.3, 0.4) is 0 Å². The van der Waals surface area contributed by atoms with E-state index in [0.29, 0.717) is 44.2 Å². The van der Waals surface area contributed by atoms with Gasteiger partial charge in [0.25, 0.3) is 0 Å². The highest BCUT2D eigenvalue weighted by atomic mass is 127. The van der Waals surface area contributed by atoms with Crippen LogP contribution >= 0.6 is 35.6 Å². The molecule has 1 heterocycles. The monoisotopic (exact) mass is 536 g/mol. The summed E-state index contributed by atoms with van der Waals surface area (Å²) in [6, 6.07) is 7.40. The summed E-state index contributed by atoms with van der Waals surface area (Å²) >= 11 is 6.00. The fraction of sp³-hybridized carbons (Fsp3) is 0.550. The fourth-order valence-corrected chi connectivity index (χ4v) is 3.24. The largest absolute Gasteiger partial charge is 0.469 e. The lowest BCUT2D eigenvalue weighted by Crippen LogP contribution is -2.54. The van der Waals surface area contributed by atoms with Crippen molar-refractivity contribution in [2.24, 2.45) is 10.9 Å². The lowest BCUT2D eigenvalue weighted by molar-refractivity contribution is -0.144. The number of hydrogen-bond acceptors (Lipinski definition) is 4. The summed E-state index contributed by atoms with van der Waals surface area (Å²) in [5.41, 5.74) is 0.923. The van der Waals surface area contributed by atoms with Gasteiger partial charge in [0.15, 0.2) is 5.96 Å². The van der Waals surface area contributed by atoms with Gasteiger partial charge in [0.2, 0.25) is 5.91 Å². The summed E-state index contributed by atoms with van der Waals surface area (Å²) in [5, 5.41) is 3.90. The predicted octanol–water partition coefficient (Wildman–Crippen LogP) is 2.42. The highest BCUT2D eigenvalue weighted by molar-refractivity contribution is 14.0. The zero-order valence-corrected chi connectivity index (χ0v) is 20.3. The molecule has 1 amide bonds. The molecule has 1 atom stereocenters. The van der Waals surface area contributed by atoms with E-state index in [2.05, 4.69) is 15.2 Å². The summed E-state index contributed by atoms with van der Waals surface area (Å²) < 4.78 is 4.75. The maximum atomic E-state index is 12.6. The molecule has 1 saturated heterocycles. The molecule has 1 aromatic carbocycles. The van der Waals surface area contributed by atoms with E-state index in [-0.39, 0.29) is 41.8 Å². The van der Waals surface area contributed by atoms with E-state index in [0.717, 1.165) is 18.1 Å². The van der Waals surface area contributed by atoms with Gasteiger partial charge in [0.05, 0.1) is 26.0 Å². The van der Waals surface area contributed by atoms with Crippen LogP contribution in [0.25, 0.3) is 0 Å². The van der Waals surface area contributed by atoms with Crippen LogP contribution in [-0.4, -0.2) is 74.0 Å². The first-order valence-corrected chi connectivity index (χ1v) is 9.95. The van der Waals surface area contributed by atoms with Gasteiger partial charge in [0.1, 0.15) is 0 Å². The molecule has 9 heteroatoms. The van der Waals surface area contributed by atoms with Crippen LogP contribution in [0, 0.1) is 5.92 Å². The Hall–Kier alpha value is -1.55. The Morgan fingerprint density at radius 2 is 1.90 bits per heavy atom. The van der Waals surface area contributed by atoms with Crippen molar-refractivity contribution in [2.45, 2.75) is 20.3 Å². The average molecular weight is 537 g/mol. The molecule has 1 aromatic rings. The molecule has 0 saturated carbocycles. The van der Waals surface area contributed by atoms with E-state index < -0.39 is 0 Å². The molecule has 0 aromatic heterocycles. The fourth-order valence-electron chi connectivity index (χ4n) is 3.03. The number of nitrogens with zero attached hydrogens (tertiary/aromatic N) is 3. The van der Waals surface area contributed by atoms with Gasteiger partial charge < -0.3 is 19.9 Å². The number of aliphatic imine (C=N–C) groups is 1. The van der Waals surface area contributed by atoms with Crippen LogP contribution in [0.2, 0.25) is 5.02 Å². The molecule has 0 spiro atoms. The second-order valence-corrected chi connectivity index (χ2v) is 7.23. The number of guanidine groups is 1. The average Bonchev–Trinajstić information content (AvgIpc) is 2.70. The van der Waals surface area contributed by atoms with Crippen LogP contribution in [0.5, 0.6) is 0 Å². The van der Waals surface area contributed by atoms with Crippen molar-refractivity contribution in [2.75, 3.05) is 46.4 Å². The summed E-state index contributed by atoms with van der Waals surface area (Å²) in [7, 11) is 1.38. The van der Waals surface area contributed by atoms with Crippen molar-refractivity contribution in [1.29, 1.82) is 0 Å². The summed E-state index contributed by atoms with van der Waals surface area (Å²) in [6.45, 7) is 7.56. The highest BCUT2D eigenvalue weighted by Crippen LogP contribution is 2.13. The van der Waals surface area contributed by atoms with Crippen LogP contribution in [0.15, 0.2) is 29.3 Å². The minimum absolute atomic E-state index is 0. The lowest BCUT2D eigenvalue weighted by atomic mass is 10.1. The molecule has 1 unspecified atom stereocenters. The Bertz CT molecular complexity index is 709. The molecule has 29 heavy (non-hydrogen) atoms. The van der Waals surface area contributed by atoms with Crippen molar-refractivity contribution >= 4 is 53.4 Å². The van der Waals surface area contributed by atoms with E-state index in [1.165, 1.54) is 7.11 Å². The number of hydrogen-bond donors (Lipinski definition) is 1. The zero-order chi connectivity index (χ0) is 20.5. The van der Waals surface area contributed by atoms with Gasteiger partial charge in [-0.3, -0.25) is 14.6 Å². The first-order valence-electron chi connectivity index (χ1n) is 9.57. The third-order valence-electron chi connectivity index (χ3n) is 4.63. The molecule has 1 fully saturated rings. The van der Waals surface area contributed by atoms with Gasteiger partial charge in [-0.05, 0) is 24.6 Å². The molecule has 162 valence electrons. The summed E-state index contributed by atoms with van der Waals surface area (Å²) in [6.07, 6.45) is 0.353. The van der Waals surface area contributed by atoms with Gasteiger partial charge in [-0.25, -0.2) is 0 Å². The minimum atomic E-state index is -0.292. The third kappa shape index (κ3) is 8.00. The number of rotatable bonds is 6. The molecule has 0 bridgehead atoms. The molecule has 0 radical (unpaired) electrons. The maximum Gasteiger partial charge on any atom is 0.310 e. The molecular formula is C20H30ClIN4O3. The van der Waals surface area contributed by atoms with E-state index in [9.17, 15) is 9.59 Å². The quantitative estimate of drug-likeness (QED) is 0.262. The number of nitrogens with one attached hydrogen (secondary N) is 1. The van der Waals surface area contributed by atoms with E-state index in [1.54, 1.807) is 13.0 Å². The van der Waals surface area contributed by atoms with E-state index in [4.69, 9.17) is 16.3 Å². The van der Waals surface area contributed by atoms with Crippen LogP contribution in [0.4, 0.5) is 0 Å². The first-order chi connectivity index (χ1) is 13.4. The Balaban J connectivity index is 0.00000420. The highest BCUT2D eigenvalue weighted by Gasteiger charge is 2.23. The first kappa shape index (κ1) is 25.5. The van der Waals surface area contributed by atoms with Crippen molar-refractivity contribution < 1.29 is 14.3 Å². The van der Waals surface area contributed by atoms with Gasteiger partial charge in [-0.2, -0.15) is 0 Å². The second kappa shape index (κ2) is 12.9. The summed E-state index contributed by atoms with van der Waals surface area (Å²) in [5.74, 6) is 0.304.